The summed E-state index contributed by atoms with van der Waals surface area (Å²) in [4.78, 5) is 4.37. The second-order valence-electron chi connectivity index (χ2n) is 5.51. The Morgan fingerprint density at radius 3 is 2.80 bits per heavy atom. The number of aromatic nitrogens is 3. The minimum Gasteiger partial charge on any atom is -0.383 e. The Labute approximate surface area is 156 Å². The first-order valence-corrected chi connectivity index (χ1v) is 8.64. The number of ether oxygens (including phenoxy) is 1. The van der Waals surface area contributed by atoms with Crippen LogP contribution in [0.15, 0.2) is 36.5 Å². The fourth-order valence-corrected chi connectivity index (χ4v) is 2.69. The average molecular weight is 380 g/mol. The van der Waals surface area contributed by atoms with Gasteiger partial charge in [0.15, 0.2) is 5.65 Å². The smallest absolute Gasteiger partial charge is 0.153 e. The molecule has 2 N–H and O–H groups in total. The second-order valence-corrected chi connectivity index (χ2v) is 6.32. The van der Waals surface area contributed by atoms with Crippen molar-refractivity contribution in [2.24, 2.45) is 0 Å². The van der Waals surface area contributed by atoms with Crippen LogP contribution in [0.2, 0.25) is 10.0 Å². The van der Waals surface area contributed by atoms with Gasteiger partial charge in [-0.1, -0.05) is 29.3 Å². The van der Waals surface area contributed by atoms with Gasteiger partial charge in [-0.15, -0.1) is 5.10 Å². The highest BCUT2D eigenvalue weighted by Crippen LogP contribution is 2.23. The fourth-order valence-electron chi connectivity index (χ4n) is 2.37. The molecule has 0 saturated carbocycles. The molecule has 0 aliphatic heterocycles. The second kappa shape index (κ2) is 8.49. The maximum absolute atomic E-state index is 6.05. The van der Waals surface area contributed by atoms with Crippen LogP contribution in [-0.4, -0.2) is 34.9 Å². The summed E-state index contributed by atoms with van der Waals surface area (Å²) in [7, 11) is 1.68. The van der Waals surface area contributed by atoms with Crippen molar-refractivity contribution in [3.05, 3.63) is 57.8 Å². The van der Waals surface area contributed by atoms with Crippen molar-refractivity contribution in [1.29, 1.82) is 0 Å². The van der Waals surface area contributed by atoms with E-state index in [0.29, 0.717) is 29.7 Å². The highest BCUT2D eigenvalue weighted by Gasteiger charge is 2.06. The Balaban J connectivity index is 1.68. The van der Waals surface area contributed by atoms with Crippen LogP contribution in [0.25, 0.3) is 5.65 Å². The zero-order chi connectivity index (χ0) is 17.6. The molecular weight excluding hydrogens is 361 g/mol. The van der Waals surface area contributed by atoms with Gasteiger partial charge in [0.2, 0.25) is 0 Å². The Bertz CT molecular complexity index is 852. The molecule has 0 unspecified atom stereocenters. The zero-order valence-electron chi connectivity index (χ0n) is 13.8. The summed E-state index contributed by atoms with van der Waals surface area (Å²) in [5.41, 5.74) is 2.83. The molecule has 132 valence electrons. The quantitative estimate of drug-likeness (QED) is 0.587. The van der Waals surface area contributed by atoms with E-state index in [1.165, 1.54) is 0 Å². The summed E-state index contributed by atoms with van der Waals surface area (Å²) in [5, 5.41) is 12.3. The van der Waals surface area contributed by atoms with Crippen LogP contribution >= 0.6 is 23.2 Å². The summed E-state index contributed by atoms with van der Waals surface area (Å²) in [6, 6.07) is 9.40. The van der Waals surface area contributed by atoms with E-state index >= 15 is 0 Å². The van der Waals surface area contributed by atoms with Crippen molar-refractivity contribution < 1.29 is 4.74 Å². The maximum atomic E-state index is 6.05. The molecule has 0 fully saturated rings. The topological polar surface area (TPSA) is 63.5 Å². The molecule has 3 rings (SSSR count). The van der Waals surface area contributed by atoms with E-state index < -0.39 is 0 Å². The largest absolute Gasteiger partial charge is 0.383 e. The highest BCUT2D eigenvalue weighted by atomic mass is 35.5. The van der Waals surface area contributed by atoms with Gasteiger partial charge < -0.3 is 15.4 Å². The minimum absolute atomic E-state index is 0.545. The van der Waals surface area contributed by atoms with Crippen LogP contribution in [0.3, 0.4) is 0 Å². The molecular formula is C17H19Cl2N5O. The molecule has 0 bridgehead atoms. The summed E-state index contributed by atoms with van der Waals surface area (Å²) >= 11 is 12.0. The molecule has 6 nitrogen and oxygen atoms in total. The Morgan fingerprint density at radius 1 is 1.12 bits per heavy atom. The summed E-state index contributed by atoms with van der Waals surface area (Å²) in [5.74, 6) is 0.759. The molecule has 0 saturated heterocycles. The SMILES string of the molecule is COCCNCc1cnc2ccc(NCc3ccc(Cl)c(Cl)c3)nn12. The van der Waals surface area contributed by atoms with E-state index in [-0.39, 0.29) is 0 Å². The van der Waals surface area contributed by atoms with Gasteiger partial charge in [0.25, 0.3) is 0 Å². The zero-order valence-corrected chi connectivity index (χ0v) is 15.3. The predicted molar refractivity (Wildman–Crippen MR) is 100 cm³/mol. The average Bonchev–Trinajstić information content (AvgIpc) is 3.02. The monoisotopic (exact) mass is 379 g/mol. The first kappa shape index (κ1) is 17.9. The van der Waals surface area contributed by atoms with Gasteiger partial charge in [-0.2, -0.15) is 0 Å². The lowest BCUT2D eigenvalue weighted by Crippen LogP contribution is -2.19. The van der Waals surface area contributed by atoms with Crippen LogP contribution in [0.1, 0.15) is 11.3 Å². The van der Waals surface area contributed by atoms with Gasteiger partial charge in [-0.3, -0.25) is 0 Å². The van der Waals surface area contributed by atoms with E-state index in [1.54, 1.807) is 13.2 Å². The molecule has 8 heteroatoms. The molecule has 2 heterocycles. The van der Waals surface area contributed by atoms with Crippen LogP contribution < -0.4 is 10.6 Å². The molecule has 0 radical (unpaired) electrons. The van der Waals surface area contributed by atoms with Gasteiger partial charge in [-0.05, 0) is 29.8 Å². The van der Waals surface area contributed by atoms with E-state index in [4.69, 9.17) is 27.9 Å². The van der Waals surface area contributed by atoms with Gasteiger partial charge in [0, 0.05) is 26.7 Å². The number of rotatable bonds is 8. The molecule has 0 atom stereocenters. The van der Waals surface area contributed by atoms with E-state index in [0.717, 1.165) is 29.3 Å². The van der Waals surface area contributed by atoms with Crippen molar-refractivity contribution in [2.45, 2.75) is 13.1 Å². The van der Waals surface area contributed by atoms with Gasteiger partial charge in [0.05, 0.1) is 28.5 Å². The number of methoxy groups -OCH3 is 1. The molecule has 2 aromatic heterocycles. The van der Waals surface area contributed by atoms with Crippen molar-refractivity contribution >= 4 is 34.7 Å². The molecule has 1 aromatic carbocycles. The van der Waals surface area contributed by atoms with Gasteiger partial charge in [0.1, 0.15) is 5.82 Å². The number of hydrogen-bond acceptors (Lipinski definition) is 5. The summed E-state index contributed by atoms with van der Waals surface area (Å²) < 4.78 is 6.86. The fraction of sp³-hybridized carbons (Fsp3) is 0.294. The van der Waals surface area contributed by atoms with E-state index in [9.17, 15) is 0 Å². The number of nitrogens with one attached hydrogen (secondary N) is 2. The van der Waals surface area contributed by atoms with Gasteiger partial charge >= 0.3 is 0 Å². The first-order chi connectivity index (χ1) is 12.2. The van der Waals surface area contributed by atoms with Crippen LogP contribution in [0.4, 0.5) is 5.82 Å². The van der Waals surface area contributed by atoms with Crippen molar-refractivity contribution in [3.63, 3.8) is 0 Å². The van der Waals surface area contributed by atoms with Crippen LogP contribution in [0.5, 0.6) is 0 Å². The Morgan fingerprint density at radius 2 is 2.00 bits per heavy atom. The van der Waals surface area contributed by atoms with E-state index in [1.807, 2.05) is 35.0 Å². The van der Waals surface area contributed by atoms with E-state index in [2.05, 4.69) is 20.7 Å². The number of anilines is 1. The lowest BCUT2D eigenvalue weighted by Gasteiger charge is -2.08. The number of fused-ring (bicyclic) bond motifs is 1. The molecule has 0 spiro atoms. The lowest BCUT2D eigenvalue weighted by atomic mass is 10.2. The number of imidazole rings is 1. The first-order valence-electron chi connectivity index (χ1n) is 7.88. The summed E-state index contributed by atoms with van der Waals surface area (Å²) in [6.07, 6.45) is 1.82. The molecule has 0 amide bonds. The normalized spacial score (nSPS) is 11.2. The number of benzene rings is 1. The maximum Gasteiger partial charge on any atom is 0.153 e. The molecule has 25 heavy (non-hydrogen) atoms. The van der Waals surface area contributed by atoms with Crippen molar-refractivity contribution in [3.8, 4) is 0 Å². The lowest BCUT2D eigenvalue weighted by molar-refractivity contribution is 0.199. The standard InChI is InChI=1S/C17H19Cl2N5O/c1-25-7-6-20-10-13-11-22-17-5-4-16(23-24(13)17)21-9-12-2-3-14(18)15(19)8-12/h2-5,8,11,20H,6-7,9-10H2,1H3,(H,21,23). The Kier molecular flexibility index (Phi) is 6.09. The predicted octanol–water partition coefficient (Wildman–Crippen LogP) is 3.38. The van der Waals surface area contributed by atoms with Crippen molar-refractivity contribution in [2.75, 3.05) is 25.6 Å². The third kappa shape index (κ3) is 4.61. The van der Waals surface area contributed by atoms with Crippen LogP contribution in [-0.2, 0) is 17.8 Å². The number of hydrogen-bond donors (Lipinski definition) is 2. The molecule has 3 aromatic rings. The third-order valence-corrected chi connectivity index (χ3v) is 4.42. The summed E-state index contributed by atoms with van der Waals surface area (Å²) in [6.45, 7) is 2.72. The molecule has 0 aliphatic rings. The van der Waals surface area contributed by atoms with Gasteiger partial charge in [-0.25, -0.2) is 9.50 Å². The minimum atomic E-state index is 0.545. The number of halogens is 2. The highest BCUT2D eigenvalue weighted by molar-refractivity contribution is 6.42. The Hall–Kier alpha value is -1.86. The third-order valence-electron chi connectivity index (χ3n) is 3.68. The van der Waals surface area contributed by atoms with Crippen LogP contribution in [0, 0.1) is 0 Å². The van der Waals surface area contributed by atoms with Crippen molar-refractivity contribution in [1.82, 2.24) is 19.9 Å². The molecule has 0 aliphatic carbocycles. The number of nitrogens with zero attached hydrogens (tertiary/aromatic N) is 3.